The molecule has 1 saturated carbocycles. The van der Waals surface area contributed by atoms with E-state index in [0.29, 0.717) is 24.7 Å². The van der Waals surface area contributed by atoms with Gasteiger partial charge in [0.1, 0.15) is 12.1 Å². The summed E-state index contributed by atoms with van der Waals surface area (Å²) in [6.45, 7) is 10.3. The smallest absolute Gasteiger partial charge is 0.325 e. The molecule has 1 aliphatic carbocycles. The van der Waals surface area contributed by atoms with Gasteiger partial charge < -0.3 is 10.2 Å². The van der Waals surface area contributed by atoms with Gasteiger partial charge in [0.2, 0.25) is 5.91 Å². The van der Waals surface area contributed by atoms with Crippen LogP contribution in [0.1, 0.15) is 72.6 Å². The maximum atomic E-state index is 13.1. The molecule has 4 amide bonds. The van der Waals surface area contributed by atoms with Gasteiger partial charge in [0.15, 0.2) is 0 Å². The van der Waals surface area contributed by atoms with Crippen molar-refractivity contribution in [3.8, 4) is 0 Å². The van der Waals surface area contributed by atoms with Crippen LogP contribution in [0.2, 0.25) is 0 Å². The molecule has 2 heterocycles. The first-order valence-electron chi connectivity index (χ1n) is 10.6. The van der Waals surface area contributed by atoms with Crippen LogP contribution in [-0.2, 0) is 9.59 Å². The zero-order valence-electron chi connectivity index (χ0n) is 17.3. The predicted molar refractivity (Wildman–Crippen MR) is 104 cm³/mol. The Morgan fingerprint density at radius 2 is 1.89 bits per heavy atom. The van der Waals surface area contributed by atoms with Gasteiger partial charge in [-0.2, -0.15) is 0 Å². The summed E-state index contributed by atoms with van der Waals surface area (Å²) in [6.07, 6.45) is 6.47. The van der Waals surface area contributed by atoms with Crippen molar-refractivity contribution in [3.05, 3.63) is 0 Å². The number of nitrogens with zero attached hydrogens (tertiary/aromatic N) is 2. The molecule has 6 heteroatoms. The first-order valence-corrected chi connectivity index (χ1v) is 10.6. The van der Waals surface area contributed by atoms with Crippen LogP contribution in [-0.4, -0.2) is 52.8 Å². The van der Waals surface area contributed by atoms with Crippen molar-refractivity contribution in [1.82, 2.24) is 15.1 Å². The molecule has 3 fully saturated rings. The van der Waals surface area contributed by atoms with Crippen LogP contribution in [0.15, 0.2) is 0 Å². The normalized spacial score (nSPS) is 32.1. The number of nitrogens with one attached hydrogen (secondary N) is 1. The monoisotopic (exact) mass is 377 g/mol. The number of piperidine rings is 1. The van der Waals surface area contributed by atoms with E-state index >= 15 is 0 Å². The molecule has 2 aliphatic heterocycles. The Bertz CT molecular complexity index is 608. The number of likely N-dealkylation sites (tertiary alicyclic amines) is 1. The van der Waals surface area contributed by atoms with Crippen LogP contribution in [0.25, 0.3) is 0 Å². The Kier molecular flexibility index (Phi) is 5.55. The molecule has 1 spiro atoms. The van der Waals surface area contributed by atoms with Gasteiger partial charge in [-0.3, -0.25) is 14.5 Å². The number of hydrogen-bond donors (Lipinski definition) is 1. The summed E-state index contributed by atoms with van der Waals surface area (Å²) in [5.41, 5.74) is -0.527. The SMILES string of the molecule is CCC(C)(C)C1CCC2(CC1)NC(=O)N(CC(=O)N1CCCC(C)C1)C2=O. The number of rotatable bonds is 4. The number of hydrogen-bond acceptors (Lipinski definition) is 3. The van der Waals surface area contributed by atoms with Crippen molar-refractivity contribution in [2.45, 2.75) is 78.2 Å². The molecule has 27 heavy (non-hydrogen) atoms. The van der Waals surface area contributed by atoms with Gasteiger partial charge in [-0.1, -0.05) is 34.1 Å². The molecule has 1 N–H and O–H groups in total. The van der Waals surface area contributed by atoms with Crippen molar-refractivity contribution in [1.29, 1.82) is 0 Å². The molecule has 1 unspecified atom stereocenters. The maximum absolute atomic E-state index is 13.1. The zero-order chi connectivity index (χ0) is 19.8. The highest BCUT2D eigenvalue weighted by atomic mass is 16.2. The number of amides is 4. The van der Waals surface area contributed by atoms with Gasteiger partial charge in [0.05, 0.1) is 0 Å². The van der Waals surface area contributed by atoms with Crippen LogP contribution in [0.4, 0.5) is 4.79 Å². The molecule has 0 aromatic rings. The van der Waals surface area contributed by atoms with Gasteiger partial charge in [-0.15, -0.1) is 0 Å². The molecule has 0 aromatic heterocycles. The largest absolute Gasteiger partial charge is 0.341 e. The first-order chi connectivity index (χ1) is 12.7. The summed E-state index contributed by atoms with van der Waals surface area (Å²) in [4.78, 5) is 41.2. The Morgan fingerprint density at radius 3 is 2.48 bits per heavy atom. The molecule has 1 atom stereocenters. The summed E-state index contributed by atoms with van der Waals surface area (Å²) in [5, 5.41) is 2.94. The lowest BCUT2D eigenvalue weighted by Gasteiger charge is -2.42. The molecule has 2 saturated heterocycles. The highest BCUT2D eigenvalue weighted by Crippen LogP contribution is 2.45. The quantitative estimate of drug-likeness (QED) is 0.765. The van der Waals surface area contributed by atoms with Crippen molar-refractivity contribution in [2.75, 3.05) is 19.6 Å². The number of imide groups is 1. The molecule has 152 valence electrons. The van der Waals surface area contributed by atoms with Crippen molar-refractivity contribution < 1.29 is 14.4 Å². The molecule has 3 rings (SSSR count). The average Bonchev–Trinajstić information content (AvgIpc) is 2.86. The Balaban J connectivity index is 1.63. The fourth-order valence-corrected chi connectivity index (χ4v) is 4.99. The molecule has 0 radical (unpaired) electrons. The van der Waals surface area contributed by atoms with Gasteiger partial charge in [0, 0.05) is 13.1 Å². The summed E-state index contributed by atoms with van der Waals surface area (Å²) in [6, 6.07) is -0.397. The Hall–Kier alpha value is -1.59. The average molecular weight is 378 g/mol. The lowest BCUT2D eigenvalue weighted by atomic mass is 9.65. The fraction of sp³-hybridized carbons (Fsp3) is 0.857. The highest BCUT2D eigenvalue weighted by Gasteiger charge is 2.53. The van der Waals surface area contributed by atoms with Gasteiger partial charge >= 0.3 is 6.03 Å². The highest BCUT2D eigenvalue weighted by molar-refractivity contribution is 6.09. The minimum Gasteiger partial charge on any atom is -0.341 e. The van der Waals surface area contributed by atoms with E-state index in [1.165, 1.54) is 0 Å². The van der Waals surface area contributed by atoms with E-state index in [1.807, 2.05) is 0 Å². The van der Waals surface area contributed by atoms with E-state index < -0.39 is 11.6 Å². The van der Waals surface area contributed by atoms with E-state index in [-0.39, 0.29) is 23.8 Å². The topological polar surface area (TPSA) is 69.7 Å². The molecular weight excluding hydrogens is 342 g/mol. The van der Waals surface area contributed by atoms with Crippen molar-refractivity contribution in [2.24, 2.45) is 17.3 Å². The molecule has 6 nitrogen and oxygen atoms in total. The second kappa shape index (κ2) is 7.44. The lowest BCUT2D eigenvalue weighted by Crippen LogP contribution is -2.51. The minimum absolute atomic E-state index is 0.108. The summed E-state index contributed by atoms with van der Waals surface area (Å²) in [7, 11) is 0. The van der Waals surface area contributed by atoms with E-state index in [1.54, 1.807) is 4.90 Å². The number of urea groups is 1. The minimum atomic E-state index is -0.785. The Morgan fingerprint density at radius 1 is 1.22 bits per heavy atom. The number of carbonyl (C=O) groups is 3. The van der Waals surface area contributed by atoms with Crippen molar-refractivity contribution >= 4 is 17.8 Å². The molecule has 0 aromatic carbocycles. The zero-order valence-corrected chi connectivity index (χ0v) is 17.3. The Labute approximate surface area is 163 Å². The third kappa shape index (κ3) is 3.85. The lowest BCUT2D eigenvalue weighted by molar-refractivity contribution is -0.140. The van der Waals surface area contributed by atoms with Crippen LogP contribution in [0.5, 0.6) is 0 Å². The summed E-state index contributed by atoms with van der Waals surface area (Å²) >= 11 is 0. The molecule has 3 aliphatic rings. The van der Waals surface area contributed by atoms with E-state index in [4.69, 9.17) is 0 Å². The van der Waals surface area contributed by atoms with E-state index in [9.17, 15) is 14.4 Å². The van der Waals surface area contributed by atoms with Gasteiger partial charge in [0.25, 0.3) is 5.91 Å². The van der Waals surface area contributed by atoms with E-state index in [2.05, 4.69) is 33.0 Å². The van der Waals surface area contributed by atoms with Crippen LogP contribution < -0.4 is 5.32 Å². The van der Waals surface area contributed by atoms with Crippen molar-refractivity contribution in [3.63, 3.8) is 0 Å². The van der Waals surface area contributed by atoms with Crippen LogP contribution in [0.3, 0.4) is 0 Å². The van der Waals surface area contributed by atoms with Gasteiger partial charge in [-0.25, -0.2) is 4.79 Å². The molecular formula is C21H35N3O3. The fourth-order valence-electron chi connectivity index (χ4n) is 4.99. The van der Waals surface area contributed by atoms with Crippen LogP contribution >= 0.6 is 0 Å². The maximum Gasteiger partial charge on any atom is 0.325 e. The molecule has 0 bridgehead atoms. The third-order valence-corrected chi connectivity index (χ3v) is 7.40. The van der Waals surface area contributed by atoms with E-state index in [0.717, 1.165) is 50.1 Å². The second-order valence-electron chi connectivity index (χ2n) is 9.61. The standard InChI is InChI=1S/C21H35N3O3/c1-5-20(3,4)16-8-10-21(11-9-16)18(26)24(19(27)22-21)14-17(25)23-12-6-7-15(2)13-23/h15-16H,5-14H2,1-4H3,(H,22,27). The second-order valence-corrected chi connectivity index (χ2v) is 9.61. The predicted octanol–water partition coefficient (Wildman–Crippen LogP) is 3.16. The third-order valence-electron chi connectivity index (χ3n) is 7.40. The summed E-state index contributed by atoms with van der Waals surface area (Å²) in [5.74, 6) is 0.749. The van der Waals surface area contributed by atoms with Crippen LogP contribution in [0, 0.1) is 17.3 Å². The summed E-state index contributed by atoms with van der Waals surface area (Å²) < 4.78 is 0. The number of carbonyl (C=O) groups excluding carboxylic acids is 3. The van der Waals surface area contributed by atoms with Gasteiger partial charge in [-0.05, 0) is 55.8 Å². The first kappa shape index (κ1) is 20.2.